The van der Waals surface area contributed by atoms with Gasteiger partial charge in [0.25, 0.3) is 5.56 Å². The van der Waals surface area contributed by atoms with E-state index in [0.717, 1.165) is 24.8 Å². The topological polar surface area (TPSA) is 22.0 Å². The largest absolute Gasteiger partial charge is 0.313 e. The van der Waals surface area contributed by atoms with Crippen LogP contribution in [0.25, 0.3) is 0 Å². The second kappa shape index (κ2) is 4.75. The van der Waals surface area contributed by atoms with Crippen molar-refractivity contribution in [3.05, 3.63) is 45.9 Å². The molecule has 1 aliphatic carbocycles. The van der Waals surface area contributed by atoms with Crippen LogP contribution in [-0.2, 0) is 13.0 Å². The average molecular weight is 243 g/mol. The van der Waals surface area contributed by atoms with Gasteiger partial charge in [0, 0.05) is 18.3 Å². The van der Waals surface area contributed by atoms with E-state index >= 15 is 0 Å². The zero-order chi connectivity index (χ0) is 12.5. The van der Waals surface area contributed by atoms with E-state index in [-0.39, 0.29) is 5.56 Å². The lowest BCUT2D eigenvalue weighted by atomic mass is 9.76. The fourth-order valence-corrected chi connectivity index (χ4v) is 3.48. The molecule has 0 bridgehead atoms. The SMILES string of the molecule is CC1=CC[C@@H]([C@@H]2CCn3c(cccc3=O)C2)CC1. The van der Waals surface area contributed by atoms with Crippen molar-refractivity contribution in [2.24, 2.45) is 11.8 Å². The molecule has 2 nitrogen and oxygen atoms in total. The third kappa shape index (κ3) is 2.16. The van der Waals surface area contributed by atoms with Gasteiger partial charge in [0.1, 0.15) is 0 Å². The Morgan fingerprint density at radius 1 is 1.22 bits per heavy atom. The van der Waals surface area contributed by atoms with Gasteiger partial charge in [0.15, 0.2) is 0 Å². The molecule has 2 aliphatic rings. The minimum absolute atomic E-state index is 0.172. The summed E-state index contributed by atoms with van der Waals surface area (Å²) in [5.74, 6) is 1.61. The van der Waals surface area contributed by atoms with Crippen LogP contribution >= 0.6 is 0 Å². The number of rotatable bonds is 1. The minimum atomic E-state index is 0.172. The molecule has 96 valence electrons. The Morgan fingerprint density at radius 3 is 2.89 bits per heavy atom. The van der Waals surface area contributed by atoms with Crippen LogP contribution in [0.4, 0.5) is 0 Å². The van der Waals surface area contributed by atoms with Crippen molar-refractivity contribution in [3.8, 4) is 0 Å². The first kappa shape index (κ1) is 11.8. The number of fused-ring (bicyclic) bond motifs is 1. The Hall–Kier alpha value is -1.31. The molecule has 0 N–H and O–H groups in total. The van der Waals surface area contributed by atoms with E-state index < -0.39 is 0 Å². The van der Waals surface area contributed by atoms with Crippen LogP contribution in [0.15, 0.2) is 34.6 Å². The first-order chi connectivity index (χ1) is 8.74. The molecule has 0 fully saturated rings. The predicted octanol–water partition coefficient (Wildman–Crippen LogP) is 3.16. The van der Waals surface area contributed by atoms with Gasteiger partial charge in [0.05, 0.1) is 0 Å². The maximum Gasteiger partial charge on any atom is 0.250 e. The summed E-state index contributed by atoms with van der Waals surface area (Å²) in [6.45, 7) is 3.16. The molecule has 0 unspecified atom stereocenters. The number of hydrogen-bond donors (Lipinski definition) is 0. The van der Waals surface area contributed by atoms with E-state index in [0.29, 0.717) is 0 Å². The van der Waals surface area contributed by atoms with Gasteiger partial charge in [-0.05, 0) is 56.9 Å². The van der Waals surface area contributed by atoms with Crippen molar-refractivity contribution in [3.63, 3.8) is 0 Å². The monoisotopic (exact) mass is 243 g/mol. The van der Waals surface area contributed by atoms with Crippen molar-refractivity contribution in [2.45, 2.75) is 45.6 Å². The van der Waals surface area contributed by atoms with Crippen LogP contribution in [0, 0.1) is 11.8 Å². The van der Waals surface area contributed by atoms with Crippen LogP contribution in [0.1, 0.15) is 38.3 Å². The quantitative estimate of drug-likeness (QED) is 0.694. The molecule has 1 aromatic heterocycles. The molecule has 0 radical (unpaired) electrons. The van der Waals surface area contributed by atoms with Gasteiger partial charge in [-0.1, -0.05) is 17.7 Å². The number of pyridine rings is 1. The summed E-state index contributed by atoms with van der Waals surface area (Å²) < 4.78 is 1.96. The smallest absolute Gasteiger partial charge is 0.250 e. The van der Waals surface area contributed by atoms with Crippen molar-refractivity contribution in [1.29, 1.82) is 0 Å². The standard InChI is InChI=1S/C16H21NO/c1-12-5-7-13(8-6-12)14-9-10-17-15(11-14)3-2-4-16(17)18/h2-5,13-14H,6-11H2,1H3/t13-,14-/m1/s1. The number of allylic oxidation sites excluding steroid dienone is 2. The molecule has 0 amide bonds. The summed E-state index contributed by atoms with van der Waals surface area (Å²) in [5.41, 5.74) is 2.97. The molecule has 0 spiro atoms. The molecular weight excluding hydrogens is 222 g/mol. The van der Waals surface area contributed by atoms with E-state index in [1.54, 1.807) is 11.6 Å². The molecule has 3 rings (SSSR count). The lowest BCUT2D eigenvalue weighted by Gasteiger charge is -2.33. The third-order valence-corrected chi connectivity index (χ3v) is 4.68. The van der Waals surface area contributed by atoms with Gasteiger partial charge in [-0.3, -0.25) is 4.79 Å². The fourth-order valence-electron chi connectivity index (χ4n) is 3.48. The number of nitrogens with zero attached hydrogens (tertiary/aromatic N) is 1. The van der Waals surface area contributed by atoms with Crippen molar-refractivity contribution < 1.29 is 0 Å². The summed E-state index contributed by atoms with van der Waals surface area (Å²) in [6.07, 6.45) is 8.53. The van der Waals surface area contributed by atoms with E-state index in [4.69, 9.17) is 0 Å². The zero-order valence-corrected chi connectivity index (χ0v) is 11.1. The highest BCUT2D eigenvalue weighted by Crippen LogP contribution is 2.35. The first-order valence-corrected chi connectivity index (χ1v) is 7.08. The highest BCUT2D eigenvalue weighted by Gasteiger charge is 2.27. The van der Waals surface area contributed by atoms with E-state index in [1.165, 1.54) is 31.4 Å². The van der Waals surface area contributed by atoms with Crippen molar-refractivity contribution in [2.75, 3.05) is 0 Å². The Kier molecular flexibility index (Phi) is 3.11. The molecule has 1 aliphatic heterocycles. The van der Waals surface area contributed by atoms with Crippen molar-refractivity contribution in [1.82, 2.24) is 4.57 Å². The normalized spacial score (nSPS) is 27.5. The van der Waals surface area contributed by atoms with Gasteiger partial charge >= 0.3 is 0 Å². The van der Waals surface area contributed by atoms with E-state index in [9.17, 15) is 4.79 Å². The summed E-state index contributed by atoms with van der Waals surface area (Å²) in [7, 11) is 0. The lowest BCUT2D eigenvalue weighted by Crippen LogP contribution is -2.32. The summed E-state index contributed by atoms with van der Waals surface area (Å²) >= 11 is 0. The Morgan fingerprint density at radius 2 is 2.11 bits per heavy atom. The van der Waals surface area contributed by atoms with E-state index in [1.807, 2.05) is 10.6 Å². The fraction of sp³-hybridized carbons (Fsp3) is 0.562. The Labute approximate surface area is 108 Å². The van der Waals surface area contributed by atoms with Crippen LogP contribution in [0.5, 0.6) is 0 Å². The van der Waals surface area contributed by atoms with Crippen LogP contribution < -0.4 is 5.56 Å². The molecule has 2 heteroatoms. The molecule has 0 saturated carbocycles. The van der Waals surface area contributed by atoms with Crippen molar-refractivity contribution >= 4 is 0 Å². The van der Waals surface area contributed by atoms with Gasteiger partial charge in [0.2, 0.25) is 0 Å². The zero-order valence-electron chi connectivity index (χ0n) is 11.1. The second-order valence-corrected chi connectivity index (χ2v) is 5.84. The molecule has 18 heavy (non-hydrogen) atoms. The molecule has 2 atom stereocenters. The maximum absolute atomic E-state index is 11.7. The molecule has 0 saturated heterocycles. The summed E-state index contributed by atoms with van der Waals surface area (Å²) in [5, 5.41) is 0. The Balaban J connectivity index is 1.77. The number of hydrogen-bond acceptors (Lipinski definition) is 1. The Bertz CT molecular complexity index is 526. The van der Waals surface area contributed by atoms with Crippen LogP contribution in [0.2, 0.25) is 0 Å². The summed E-state index contributed by atoms with van der Waals surface area (Å²) in [6, 6.07) is 5.70. The maximum atomic E-state index is 11.7. The summed E-state index contributed by atoms with van der Waals surface area (Å²) in [4.78, 5) is 11.7. The van der Waals surface area contributed by atoms with Gasteiger partial charge in [-0.2, -0.15) is 0 Å². The van der Waals surface area contributed by atoms with Gasteiger partial charge in [-0.25, -0.2) is 0 Å². The van der Waals surface area contributed by atoms with E-state index in [2.05, 4.69) is 19.1 Å². The molecule has 1 aromatic rings. The van der Waals surface area contributed by atoms with Crippen LogP contribution in [0.3, 0.4) is 0 Å². The first-order valence-electron chi connectivity index (χ1n) is 7.08. The molecular formula is C16H21NO. The highest BCUT2D eigenvalue weighted by atomic mass is 16.1. The minimum Gasteiger partial charge on any atom is -0.313 e. The number of aromatic nitrogens is 1. The lowest BCUT2D eigenvalue weighted by molar-refractivity contribution is 0.247. The van der Waals surface area contributed by atoms with Gasteiger partial charge in [-0.15, -0.1) is 0 Å². The molecule has 0 aromatic carbocycles. The highest BCUT2D eigenvalue weighted by molar-refractivity contribution is 5.11. The average Bonchev–Trinajstić information content (AvgIpc) is 2.39. The third-order valence-electron chi connectivity index (χ3n) is 4.68. The van der Waals surface area contributed by atoms with Crippen LogP contribution in [-0.4, -0.2) is 4.57 Å². The van der Waals surface area contributed by atoms with Gasteiger partial charge < -0.3 is 4.57 Å². The predicted molar refractivity (Wildman–Crippen MR) is 73.6 cm³/mol. The second-order valence-electron chi connectivity index (χ2n) is 5.84. The molecule has 2 heterocycles.